The maximum atomic E-state index is 11.0. The van der Waals surface area contributed by atoms with Crippen LogP contribution in [0.2, 0.25) is 0 Å². The molecule has 0 spiro atoms. The van der Waals surface area contributed by atoms with Crippen LogP contribution in [-0.2, 0) is 23.0 Å². The first-order valence-electron chi connectivity index (χ1n) is 9.57. The second kappa shape index (κ2) is 14.0. The summed E-state index contributed by atoms with van der Waals surface area (Å²) >= 11 is 0. The van der Waals surface area contributed by atoms with Crippen molar-refractivity contribution in [3.8, 4) is 5.75 Å². The van der Waals surface area contributed by atoms with Crippen LogP contribution in [0, 0.1) is 0 Å². The number of hydrogen-bond donors (Lipinski definition) is 0. The summed E-state index contributed by atoms with van der Waals surface area (Å²) in [4.78, 5) is 0. The van der Waals surface area contributed by atoms with E-state index in [1.165, 1.54) is 43.7 Å². The van der Waals surface area contributed by atoms with Crippen molar-refractivity contribution in [1.29, 1.82) is 0 Å². The maximum absolute atomic E-state index is 11.0. The average Bonchev–Trinajstić information content (AvgIpc) is 2.56. The van der Waals surface area contributed by atoms with Crippen molar-refractivity contribution in [3.05, 3.63) is 29.3 Å². The number of unbranched alkanes of at least 4 members (excludes halogenated alkanes) is 4. The molecule has 1 unspecified atom stereocenters. The Morgan fingerprint density at radius 1 is 1.04 bits per heavy atom. The molecule has 4 nitrogen and oxygen atoms in total. The van der Waals surface area contributed by atoms with E-state index in [0.717, 1.165) is 31.4 Å². The van der Waals surface area contributed by atoms with Gasteiger partial charge in [0.2, 0.25) is 0 Å². The van der Waals surface area contributed by atoms with Gasteiger partial charge in [0.05, 0.1) is 16.7 Å². The molecule has 0 fully saturated rings. The van der Waals surface area contributed by atoms with E-state index in [2.05, 4.69) is 32.0 Å². The average molecular weight is 393 g/mol. The van der Waals surface area contributed by atoms with Crippen LogP contribution in [0.5, 0.6) is 5.75 Å². The molecule has 0 heterocycles. The number of hydrogen-bond acceptors (Lipinski definition) is 4. The number of aryl methyl sites for hydroxylation is 2. The third-order valence-electron chi connectivity index (χ3n) is 4.52. The predicted molar refractivity (Wildman–Crippen MR) is 102 cm³/mol. The third kappa shape index (κ3) is 10.3. The zero-order valence-electron chi connectivity index (χ0n) is 16.9. The largest absolute Gasteiger partial charge is 1.00 e. The van der Waals surface area contributed by atoms with Crippen LogP contribution in [0.4, 0.5) is 0 Å². The summed E-state index contributed by atoms with van der Waals surface area (Å²) in [5, 5.41) is -0.913. The van der Waals surface area contributed by atoms with Crippen LogP contribution in [0.3, 0.4) is 0 Å². The topological polar surface area (TPSA) is 66.4 Å². The van der Waals surface area contributed by atoms with Gasteiger partial charge in [-0.3, -0.25) is 0 Å². The van der Waals surface area contributed by atoms with Crippen molar-refractivity contribution in [2.24, 2.45) is 0 Å². The number of ether oxygens (including phenoxy) is 1. The zero-order chi connectivity index (χ0) is 18.7. The predicted octanol–water partition coefficient (Wildman–Crippen LogP) is 1.86. The molecular weight excluding hydrogens is 359 g/mol. The van der Waals surface area contributed by atoms with E-state index in [1.54, 1.807) is 0 Å². The van der Waals surface area contributed by atoms with Gasteiger partial charge in [-0.1, -0.05) is 51.7 Å². The van der Waals surface area contributed by atoms with Gasteiger partial charge in [-0.05, 0) is 56.2 Å². The molecule has 1 aromatic rings. The van der Waals surface area contributed by atoms with Gasteiger partial charge in [0, 0.05) is 5.25 Å². The second-order valence-corrected chi connectivity index (χ2v) is 8.59. The van der Waals surface area contributed by atoms with Gasteiger partial charge >= 0.3 is 29.6 Å². The molecule has 6 heteroatoms. The fourth-order valence-electron chi connectivity index (χ4n) is 2.72. The Hall–Kier alpha value is -0.0700. The summed E-state index contributed by atoms with van der Waals surface area (Å²) in [6.45, 7) is 6.06. The summed E-state index contributed by atoms with van der Waals surface area (Å²) in [7, 11) is -4.24. The fraction of sp³-hybridized carbons (Fsp3) is 0.700. The smallest absolute Gasteiger partial charge is 0.748 e. The molecule has 0 bridgehead atoms. The van der Waals surface area contributed by atoms with Crippen LogP contribution >= 0.6 is 0 Å². The minimum Gasteiger partial charge on any atom is -0.748 e. The molecule has 0 radical (unpaired) electrons. The van der Waals surface area contributed by atoms with E-state index in [4.69, 9.17) is 4.74 Å². The molecule has 1 aromatic carbocycles. The summed E-state index contributed by atoms with van der Waals surface area (Å²) in [5.74, 6) is 0.848. The monoisotopic (exact) mass is 392 g/mol. The SMILES string of the molecule is CCCCCc1ccc(CCCCC)c(OCCC(C)S(=O)(=O)[O-])c1.[Na+]. The van der Waals surface area contributed by atoms with Crippen molar-refractivity contribution in [2.45, 2.75) is 83.8 Å². The standard InChI is InChI=1S/C20H34O4S.Na/c1-4-6-8-10-18-12-13-19(11-9-7-5-2)20(16-18)24-15-14-17(3)25(21,22)23;/h12-13,16-17H,4-11,14-15H2,1-3H3,(H,21,22,23);/q;+1/p-1. The summed E-state index contributed by atoms with van der Waals surface area (Å²) in [6.07, 6.45) is 9.27. The van der Waals surface area contributed by atoms with Gasteiger partial charge in [0.25, 0.3) is 0 Å². The van der Waals surface area contributed by atoms with E-state index < -0.39 is 15.4 Å². The zero-order valence-corrected chi connectivity index (χ0v) is 19.7. The van der Waals surface area contributed by atoms with E-state index in [0.29, 0.717) is 0 Å². The Morgan fingerprint density at radius 3 is 2.23 bits per heavy atom. The molecule has 1 atom stereocenters. The van der Waals surface area contributed by atoms with Crippen molar-refractivity contribution in [1.82, 2.24) is 0 Å². The molecule has 1 rings (SSSR count). The first-order chi connectivity index (χ1) is 11.9. The number of benzene rings is 1. The molecule has 26 heavy (non-hydrogen) atoms. The quantitative estimate of drug-likeness (QED) is 0.292. The minimum absolute atomic E-state index is 0. The van der Waals surface area contributed by atoms with Crippen LogP contribution < -0.4 is 34.3 Å². The molecule has 0 aliphatic rings. The Morgan fingerprint density at radius 2 is 1.65 bits per heavy atom. The molecule has 0 amide bonds. The molecule has 0 aromatic heterocycles. The summed E-state index contributed by atoms with van der Waals surface area (Å²) < 4.78 is 38.9. The molecule has 0 aliphatic carbocycles. The first-order valence-corrected chi connectivity index (χ1v) is 11.0. The Balaban J connectivity index is 0.00000625. The molecule has 144 valence electrons. The van der Waals surface area contributed by atoms with E-state index in [1.807, 2.05) is 0 Å². The van der Waals surface area contributed by atoms with Crippen molar-refractivity contribution in [2.75, 3.05) is 6.61 Å². The normalized spacial score (nSPS) is 12.5. The van der Waals surface area contributed by atoms with E-state index in [-0.39, 0.29) is 42.6 Å². The number of rotatable bonds is 13. The van der Waals surface area contributed by atoms with Crippen molar-refractivity contribution in [3.63, 3.8) is 0 Å². The van der Waals surface area contributed by atoms with Gasteiger partial charge < -0.3 is 9.29 Å². The maximum Gasteiger partial charge on any atom is 1.00 e. The van der Waals surface area contributed by atoms with Gasteiger partial charge in [0.1, 0.15) is 5.75 Å². The fourth-order valence-corrected chi connectivity index (χ4v) is 3.10. The van der Waals surface area contributed by atoms with Crippen LogP contribution in [0.25, 0.3) is 0 Å². The van der Waals surface area contributed by atoms with Crippen LogP contribution in [0.15, 0.2) is 18.2 Å². The van der Waals surface area contributed by atoms with Gasteiger partial charge in [-0.25, -0.2) is 8.42 Å². The second-order valence-electron chi connectivity index (χ2n) is 6.80. The summed E-state index contributed by atoms with van der Waals surface area (Å²) in [6, 6.07) is 6.40. The summed E-state index contributed by atoms with van der Waals surface area (Å²) in [5.41, 5.74) is 2.43. The molecule has 0 saturated heterocycles. The molecule has 0 aliphatic heterocycles. The Bertz CT molecular complexity index is 602. The van der Waals surface area contributed by atoms with Gasteiger partial charge in [-0.15, -0.1) is 0 Å². The Kier molecular flexibility index (Phi) is 14.0. The van der Waals surface area contributed by atoms with E-state index in [9.17, 15) is 13.0 Å². The van der Waals surface area contributed by atoms with Crippen LogP contribution in [-0.4, -0.2) is 24.8 Å². The Labute approximate surface area is 182 Å². The van der Waals surface area contributed by atoms with E-state index >= 15 is 0 Å². The van der Waals surface area contributed by atoms with Crippen molar-refractivity contribution < 1.29 is 47.3 Å². The van der Waals surface area contributed by atoms with Crippen LogP contribution in [0.1, 0.15) is 76.8 Å². The molecule has 0 N–H and O–H groups in total. The molecular formula is C20H33NaO4S. The first kappa shape index (κ1) is 25.9. The van der Waals surface area contributed by atoms with Gasteiger partial charge in [-0.2, -0.15) is 0 Å². The molecule has 0 saturated carbocycles. The third-order valence-corrected chi connectivity index (χ3v) is 5.75. The van der Waals surface area contributed by atoms with Crippen molar-refractivity contribution >= 4 is 10.1 Å². The minimum atomic E-state index is -4.24. The van der Waals surface area contributed by atoms with Gasteiger partial charge in [0.15, 0.2) is 0 Å².